The highest BCUT2D eigenvalue weighted by atomic mass is 19.3. The minimum Gasteiger partial charge on any atom is -0.465 e. The first-order valence-electron chi connectivity index (χ1n) is 13.2. The van der Waals surface area contributed by atoms with Gasteiger partial charge in [0.1, 0.15) is 11.5 Å². The number of methoxy groups -OCH3 is 1. The smallest absolute Gasteiger partial charge is 0.340 e. The van der Waals surface area contributed by atoms with E-state index in [0.29, 0.717) is 34.1 Å². The number of hydrogen-bond donors (Lipinski definition) is 1. The number of esters is 1. The van der Waals surface area contributed by atoms with Crippen LogP contribution in [0.2, 0.25) is 0 Å². The van der Waals surface area contributed by atoms with Crippen LogP contribution in [0.4, 0.5) is 13.2 Å². The third kappa shape index (κ3) is 4.43. The van der Waals surface area contributed by atoms with Gasteiger partial charge in [0.05, 0.1) is 41.1 Å². The molecule has 1 aliphatic heterocycles. The summed E-state index contributed by atoms with van der Waals surface area (Å²) in [6, 6.07) is 7.14. The van der Waals surface area contributed by atoms with Crippen LogP contribution in [0, 0.1) is 17.7 Å². The van der Waals surface area contributed by atoms with Crippen LogP contribution in [0.25, 0.3) is 33.6 Å². The standard InChI is InChI=1S/C28H28F3N5O3/c1-14-20-8-7-16-11-23(35(24(16)33-20)9-5-3-4-6-15-10-17(15)26(37)32-14)25-34-21-12-18(27(38)39-2)19(29)13-22(21)36(25)28(30)31/h7-8,11-15,17,28H,3-6,9-10H2,1-2H3,(H,32,37)/t14-,15-,17-/m1/s1. The van der Waals surface area contributed by atoms with Crippen molar-refractivity contribution in [3.63, 3.8) is 0 Å². The van der Waals surface area contributed by atoms with Gasteiger partial charge in [0.15, 0.2) is 5.82 Å². The molecular weight excluding hydrogens is 511 g/mol. The van der Waals surface area contributed by atoms with Crippen molar-refractivity contribution in [2.24, 2.45) is 11.8 Å². The molecule has 0 unspecified atom stereocenters. The molecule has 6 rings (SSSR count). The molecule has 8 nitrogen and oxygen atoms in total. The van der Waals surface area contributed by atoms with Gasteiger partial charge in [0.25, 0.3) is 0 Å². The number of hydrogen-bond acceptors (Lipinski definition) is 5. The maximum absolute atomic E-state index is 14.7. The summed E-state index contributed by atoms with van der Waals surface area (Å²) in [6.07, 6.45) is 4.58. The Kier molecular flexibility index (Phi) is 6.31. The molecule has 4 aromatic rings. The lowest BCUT2D eigenvalue weighted by Crippen LogP contribution is -2.29. The number of imidazole rings is 1. The molecule has 204 valence electrons. The van der Waals surface area contributed by atoms with E-state index in [0.717, 1.165) is 56.7 Å². The summed E-state index contributed by atoms with van der Waals surface area (Å²) in [5.74, 6) is -1.41. The summed E-state index contributed by atoms with van der Waals surface area (Å²) in [6.45, 7) is -0.603. The normalized spacial score (nSPS) is 21.7. The second-order valence-corrected chi connectivity index (χ2v) is 10.4. The highest BCUT2D eigenvalue weighted by Gasteiger charge is 2.42. The van der Waals surface area contributed by atoms with Gasteiger partial charge < -0.3 is 14.6 Å². The van der Waals surface area contributed by atoms with Crippen molar-refractivity contribution < 1.29 is 27.5 Å². The fourth-order valence-corrected chi connectivity index (χ4v) is 5.69. The van der Waals surface area contributed by atoms with Crippen LogP contribution in [0.5, 0.6) is 0 Å². The van der Waals surface area contributed by atoms with Gasteiger partial charge in [-0.25, -0.2) is 19.2 Å². The van der Waals surface area contributed by atoms with Crippen molar-refractivity contribution in [1.82, 2.24) is 24.4 Å². The molecule has 1 fully saturated rings. The van der Waals surface area contributed by atoms with Crippen molar-refractivity contribution >= 4 is 33.9 Å². The summed E-state index contributed by atoms with van der Waals surface area (Å²) in [5.41, 5.74) is 1.22. The number of benzene rings is 1. The highest BCUT2D eigenvalue weighted by Crippen LogP contribution is 2.43. The Hall–Kier alpha value is -3.89. The van der Waals surface area contributed by atoms with Crippen molar-refractivity contribution in [2.45, 2.75) is 58.2 Å². The largest absolute Gasteiger partial charge is 0.465 e. The first kappa shape index (κ1) is 25.4. The van der Waals surface area contributed by atoms with Crippen LogP contribution < -0.4 is 5.32 Å². The van der Waals surface area contributed by atoms with E-state index in [4.69, 9.17) is 4.98 Å². The molecule has 4 heterocycles. The van der Waals surface area contributed by atoms with Crippen LogP contribution in [-0.4, -0.2) is 38.1 Å². The Morgan fingerprint density at radius 3 is 2.74 bits per heavy atom. The Bertz CT molecular complexity index is 1610. The zero-order chi connectivity index (χ0) is 27.4. The van der Waals surface area contributed by atoms with E-state index in [1.807, 2.05) is 23.6 Å². The van der Waals surface area contributed by atoms with E-state index < -0.39 is 18.3 Å². The van der Waals surface area contributed by atoms with Crippen LogP contribution in [0.3, 0.4) is 0 Å². The van der Waals surface area contributed by atoms with Crippen molar-refractivity contribution in [3.8, 4) is 11.5 Å². The lowest BCUT2D eigenvalue weighted by Gasteiger charge is -2.16. The second-order valence-electron chi connectivity index (χ2n) is 10.4. The van der Waals surface area contributed by atoms with E-state index in [1.165, 1.54) is 0 Å². The molecule has 0 saturated heterocycles. The van der Waals surface area contributed by atoms with Gasteiger partial charge in [0, 0.05) is 23.9 Å². The fourth-order valence-electron chi connectivity index (χ4n) is 5.69. The number of fused-ring (bicyclic) bond motifs is 3. The molecule has 39 heavy (non-hydrogen) atoms. The average molecular weight is 540 g/mol. The number of amides is 1. The molecule has 0 radical (unpaired) electrons. The van der Waals surface area contributed by atoms with Gasteiger partial charge in [-0.3, -0.25) is 9.36 Å². The van der Waals surface area contributed by atoms with Crippen molar-refractivity contribution in [2.75, 3.05) is 7.11 Å². The SMILES string of the molecule is COC(=O)c1cc2nc(-c3cc4ccc5nc4n3CCCCC[C@@H]3C[C@H]3C(=O)N[C@@H]5C)n(C(F)F)c2cc1F. The van der Waals surface area contributed by atoms with E-state index in [9.17, 15) is 22.8 Å². The number of ether oxygens (including phenoxy) is 1. The Labute approximate surface area is 222 Å². The predicted octanol–water partition coefficient (Wildman–Crippen LogP) is 5.76. The summed E-state index contributed by atoms with van der Waals surface area (Å²) in [5, 5.41) is 3.80. The first-order chi connectivity index (χ1) is 18.8. The number of carbonyl (C=O) groups excluding carboxylic acids is 2. The molecule has 2 bridgehead atoms. The topological polar surface area (TPSA) is 91.0 Å². The highest BCUT2D eigenvalue weighted by molar-refractivity contribution is 5.95. The monoisotopic (exact) mass is 539 g/mol. The lowest BCUT2D eigenvalue weighted by molar-refractivity contribution is -0.123. The molecule has 3 atom stereocenters. The van der Waals surface area contributed by atoms with Crippen LogP contribution >= 0.6 is 0 Å². The summed E-state index contributed by atoms with van der Waals surface area (Å²) in [4.78, 5) is 34.0. The van der Waals surface area contributed by atoms with Gasteiger partial charge in [-0.2, -0.15) is 8.78 Å². The Morgan fingerprint density at radius 2 is 1.97 bits per heavy atom. The minimum absolute atomic E-state index is 0.0479. The number of pyridine rings is 1. The summed E-state index contributed by atoms with van der Waals surface area (Å²) >= 11 is 0. The third-order valence-corrected chi connectivity index (χ3v) is 7.89. The van der Waals surface area contributed by atoms with E-state index in [1.54, 1.807) is 6.07 Å². The number of nitrogens with one attached hydrogen (secondary N) is 1. The number of rotatable bonds is 3. The third-order valence-electron chi connectivity index (χ3n) is 7.89. The number of aromatic nitrogens is 4. The quantitative estimate of drug-likeness (QED) is 0.334. The molecular formula is C28H28F3N5O3. The fraction of sp³-hybridized carbons (Fsp3) is 0.429. The van der Waals surface area contributed by atoms with Crippen LogP contribution in [0.1, 0.15) is 67.7 Å². The molecule has 1 aromatic carbocycles. The number of aryl methyl sites for hydroxylation is 1. The summed E-state index contributed by atoms with van der Waals surface area (Å²) in [7, 11) is 1.12. The van der Waals surface area contributed by atoms with Gasteiger partial charge >= 0.3 is 12.5 Å². The second kappa shape index (κ2) is 9.69. The number of nitrogens with zero attached hydrogens (tertiary/aromatic N) is 4. The van der Waals surface area contributed by atoms with Gasteiger partial charge in [-0.05, 0) is 56.4 Å². The molecule has 2 aliphatic rings. The Morgan fingerprint density at radius 1 is 1.15 bits per heavy atom. The Balaban J connectivity index is 1.51. The molecule has 1 amide bonds. The number of carbonyl (C=O) groups is 2. The zero-order valence-electron chi connectivity index (χ0n) is 21.6. The van der Waals surface area contributed by atoms with Crippen molar-refractivity contribution in [3.05, 3.63) is 47.4 Å². The molecule has 0 spiro atoms. The van der Waals surface area contributed by atoms with E-state index >= 15 is 0 Å². The molecule has 3 aromatic heterocycles. The molecule has 11 heteroatoms. The minimum atomic E-state index is -3.01. The molecule has 1 N–H and O–H groups in total. The summed E-state index contributed by atoms with van der Waals surface area (Å²) < 4.78 is 50.8. The van der Waals surface area contributed by atoms with E-state index in [-0.39, 0.29) is 40.3 Å². The molecule has 1 saturated carbocycles. The lowest BCUT2D eigenvalue weighted by atomic mass is 10.1. The van der Waals surface area contributed by atoms with Gasteiger partial charge in [-0.1, -0.05) is 12.8 Å². The molecule has 1 aliphatic carbocycles. The predicted molar refractivity (Wildman–Crippen MR) is 138 cm³/mol. The number of halogens is 3. The van der Waals surface area contributed by atoms with E-state index in [2.05, 4.69) is 15.0 Å². The van der Waals surface area contributed by atoms with Crippen molar-refractivity contribution in [1.29, 1.82) is 0 Å². The first-order valence-corrected chi connectivity index (χ1v) is 13.2. The zero-order valence-corrected chi connectivity index (χ0v) is 21.6. The maximum atomic E-state index is 14.7. The maximum Gasteiger partial charge on any atom is 0.340 e. The van der Waals surface area contributed by atoms with Gasteiger partial charge in [-0.15, -0.1) is 0 Å². The van der Waals surface area contributed by atoms with Gasteiger partial charge in [0.2, 0.25) is 5.91 Å². The van der Waals surface area contributed by atoms with Crippen LogP contribution in [-0.2, 0) is 16.1 Å². The van der Waals surface area contributed by atoms with Crippen LogP contribution in [0.15, 0.2) is 30.3 Å². The average Bonchev–Trinajstić information content (AvgIpc) is 3.46. The number of alkyl halides is 2.